The molecule has 3 rings (SSSR count). The number of imide groups is 1. The van der Waals surface area contributed by atoms with E-state index in [2.05, 4.69) is 40.5 Å². The van der Waals surface area contributed by atoms with Gasteiger partial charge in [0.1, 0.15) is 5.54 Å². The Kier molecular flexibility index (Phi) is 4.90. The van der Waals surface area contributed by atoms with E-state index < -0.39 is 5.54 Å². The molecule has 0 aromatic heterocycles. The number of rotatable bonds is 6. The normalized spacial score (nSPS) is 23.8. The summed E-state index contributed by atoms with van der Waals surface area (Å²) in [5.41, 5.74) is 0.617. The lowest BCUT2D eigenvalue weighted by Gasteiger charge is -2.25. The third-order valence-corrected chi connectivity index (χ3v) is 5.08. The van der Waals surface area contributed by atoms with Gasteiger partial charge < -0.3 is 5.32 Å². The van der Waals surface area contributed by atoms with Crippen LogP contribution in [0.4, 0.5) is 4.79 Å². The second-order valence-electron chi connectivity index (χ2n) is 7.39. The number of urea groups is 1. The molecule has 2 heterocycles. The van der Waals surface area contributed by atoms with Crippen LogP contribution in [0.3, 0.4) is 0 Å². The standard InChI is InChI=1S/C19H27N3O2/c1-19(2)17(23)22(18(24)20-19)13-7-12-21-11-6-10-16(21)14-15-8-4-3-5-9-15/h3-5,8-9,16H,6-7,10-14H2,1-2H3,(H,20,24)/t16-/m1/s1. The van der Waals surface area contributed by atoms with Crippen LogP contribution in [-0.4, -0.2) is 53.0 Å². The van der Waals surface area contributed by atoms with E-state index in [-0.39, 0.29) is 11.9 Å². The van der Waals surface area contributed by atoms with Crippen molar-refractivity contribution < 1.29 is 9.59 Å². The van der Waals surface area contributed by atoms with Gasteiger partial charge >= 0.3 is 6.03 Å². The van der Waals surface area contributed by atoms with Crippen LogP contribution in [-0.2, 0) is 11.2 Å². The summed E-state index contributed by atoms with van der Waals surface area (Å²) < 4.78 is 0. The Morgan fingerprint density at radius 2 is 1.92 bits per heavy atom. The fourth-order valence-corrected chi connectivity index (χ4v) is 3.76. The van der Waals surface area contributed by atoms with E-state index in [0.29, 0.717) is 12.6 Å². The third kappa shape index (κ3) is 3.61. The minimum Gasteiger partial charge on any atom is -0.324 e. The van der Waals surface area contributed by atoms with Crippen molar-refractivity contribution in [2.75, 3.05) is 19.6 Å². The number of hydrogen-bond donors (Lipinski definition) is 1. The predicted octanol–water partition coefficient (Wildman–Crippen LogP) is 2.41. The first kappa shape index (κ1) is 17.0. The van der Waals surface area contributed by atoms with Gasteiger partial charge in [-0.05, 0) is 51.6 Å². The molecule has 1 aromatic rings. The summed E-state index contributed by atoms with van der Waals surface area (Å²) in [5, 5.41) is 2.74. The summed E-state index contributed by atoms with van der Waals surface area (Å²) in [6.07, 6.45) is 4.37. The second kappa shape index (κ2) is 6.93. The molecule has 0 saturated carbocycles. The van der Waals surface area contributed by atoms with E-state index in [1.165, 1.54) is 23.3 Å². The Bertz CT molecular complexity index is 600. The highest BCUT2D eigenvalue weighted by Gasteiger charge is 2.43. The van der Waals surface area contributed by atoms with Crippen molar-refractivity contribution in [2.45, 2.75) is 51.1 Å². The Balaban J connectivity index is 1.49. The Labute approximate surface area is 144 Å². The minimum atomic E-state index is -0.763. The van der Waals surface area contributed by atoms with Crippen LogP contribution in [0.15, 0.2) is 30.3 Å². The first-order valence-electron chi connectivity index (χ1n) is 8.89. The predicted molar refractivity (Wildman–Crippen MR) is 93.7 cm³/mol. The van der Waals surface area contributed by atoms with Gasteiger partial charge in [0.15, 0.2) is 0 Å². The largest absolute Gasteiger partial charge is 0.325 e. The van der Waals surface area contributed by atoms with Crippen molar-refractivity contribution in [1.82, 2.24) is 15.1 Å². The highest BCUT2D eigenvalue weighted by molar-refractivity contribution is 6.06. The van der Waals surface area contributed by atoms with Gasteiger partial charge in [0.2, 0.25) is 0 Å². The number of nitrogens with one attached hydrogen (secondary N) is 1. The lowest BCUT2D eigenvalue weighted by molar-refractivity contribution is -0.130. The SMILES string of the molecule is CC1(C)NC(=O)N(CCCN2CCC[C@@H]2Cc2ccccc2)C1=O. The zero-order valence-corrected chi connectivity index (χ0v) is 14.6. The highest BCUT2D eigenvalue weighted by atomic mass is 16.2. The lowest BCUT2D eigenvalue weighted by Crippen LogP contribution is -2.40. The maximum atomic E-state index is 12.2. The summed E-state index contributed by atoms with van der Waals surface area (Å²) >= 11 is 0. The topological polar surface area (TPSA) is 52.7 Å². The van der Waals surface area contributed by atoms with Crippen LogP contribution < -0.4 is 5.32 Å². The van der Waals surface area contributed by atoms with Crippen LogP contribution >= 0.6 is 0 Å². The number of carbonyl (C=O) groups is 2. The molecule has 5 heteroatoms. The third-order valence-electron chi connectivity index (χ3n) is 5.08. The maximum absolute atomic E-state index is 12.2. The number of amides is 3. The fraction of sp³-hybridized carbons (Fsp3) is 0.579. The first-order valence-corrected chi connectivity index (χ1v) is 8.89. The molecule has 2 saturated heterocycles. The molecule has 3 amide bonds. The van der Waals surface area contributed by atoms with Gasteiger partial charge in [0.05, 0.1) is 0 Å². The molecule has 0 aliphatic carbocycles. The smallest absolute Gasteiger partial charge is 0.324 e. The van der Waals surface area contributed by atoms with Gasteiger partial charge in [-0.3, -0.25) is 14.6 Å². The van der Waals surface area contributed by atoms with Gasteiger partial charge in [-0.1, -0.05) is 30.3 Å². The summed E-state index contributed by atoms with van der Waals surface area (Å²) in [6, 6.07) is 10.9. The van der Waals surface area contributed by atoms with E-state index in [4.69, 9.17) is 0 Å². The molecule has 1 N–H and O–H groups in total. The molecule has 0 spiro atoms. The molecule has 2 fully saturated rings. The molecule has 2 aliphatic heterocycles. The van der Waals surface area contributed by atoms with Crippen molar-refractivity contribution >= 4 is 11.9 Å². The monoisotopic (exact) mass is 329 g/mol. The molecular weight excluding hydrogens is 302 g/mol. The maximum Gasteiger partial charge on any atom is 0.325 e. The number of benzene rings is 1. The lowest BCUT2D eigenvalue weighted by atomic mass is 10.0. The number of nitrogens with zero attached hydrogens (tertiary/aromatic N) is 2. The first-order chi connectivity index (χ1) is 11.5. The van der Waals surface area contributed by atoms with E-state index in [9.17, 15) is 9.59 Å². The summed E-state index contributed by atoms with van der Waals surface area (Å²) in [6.45, 7) is 6.06. The average molecular weight is 329 g/mol. The molecule has 1 atom stereocenters. The van der Waals surface area contributed by atoms with Crippen LogP contribution in [0, 0.1) is 0 Å². The Hall–Kier alpha value is -1.88. The van der Waals surface area contributed by atoms with Crippen molar-refractivity contribution in [3.63, 3.8) is 0 Å². The zero-order valence-electron chi connectivity index (χ0n) is 14.6. The fourth-order valence-electron chi connectivity index (χ4n) is 3.76. The van der Waals surface area contributed by atoms with E-state index in [0.717, 1.165) is 25.9 Å². The van der Waals surface area contributed by atoms with E-state index in [1.807, 2.05) is 0 Å². The van der Waals surface area contributed by atoms with Crippen LogP contribution in [0.25, 0.3) is 0 Å². The molecule has 1 aromatic carbocycles. The van der Waals surface area contributed by atoms with Crippen molar-refractivity contribution in [2.24, 2.45) is 0 Å². The highest BCUT2D eigenvalue weighted by Crippen LogP contribution is 2.22. The van der Waals surface area contributed by atoms with Crippen molar-refractivity contribution in [3.05, 3.63) is 35.9 Å². The van der Waals surface area contributed by atoms with E-state index >= 15 is 0 Å². The Morgan fingerprint density at radius 1 is 1.17 bits per heavy atom. The van der Waals surface area contributed by atoms with Crippen LogP contribution in [0.2, 0.25) is 0 Å². The summed E-state index contributed by atoms with van der Waals surface area (Å²) in [5.74, 6) is -0.116. The van der Waals surface area contributed by atoms with Gasteiger partial charge in [0.25, 0.3) is 5.91 Å². The van der Waals surface area contributed by atoms with Crippen molar-refractivity contribution in [3.8, 4) is 0 Å². The van der Waals surface area contributed by atoms with Crippen LogP contribution in [0.1, 0.15) is 38.7 Å². The average Bonchev–Trinajstić information content (AvgIpc) is 3.05. The number of likely N-dealkylation sites (tertiary alicyclic amines) is 1. The molecule has 130 valence electrons. The molecule has 24 heavy (non-hydrogen) atoms. The van der Waals surface area contributed by atoms with E-state index in [1.54, 1.807) is 13.8 Å². The summed E-state index contributed by atoms with van der Waals surface area (Å²) in [7, 11) is 0. The number of hydrogen-bond acceptors (Lipinski definition) is 3. The van der Waals surface area contributed by atoms with Crippen LogP contribution in [0.5, 0.6) is 0 Å². The van der Waals surface area contributed by atoms with Gasteiger partial charge in [-0.25, -0.2) is 4.79 Å². The molecule has 0 bridgehead atoms. The molecular formula is C19H27N3O2. The molecule has 0 unspecified atom stereocenters. The molecule has 0 radical (unpaired) electrons. The Morgan fingerprint density at radius 3 is 2.58 bits per heavy atom. The van der Waals surface area contributed by atoms with Crippen molar-refractivity contribution in [1.29, 1.82) is 0 Å². The van der Waals surface area contributed by atoms with Gasteiger partial charge in [0, 0.05) is 19.1 Å². The zero-order chi connectivity index (χ0) is 17.2. The number of carbonyl (C=O) groups excluding carboxylic acids is 2. The molecule has 5 nitrogen and oxygen atoms in total. The quantitative estimate of drug-likeness (QED) is 0.816. The minimum absolute atomic E-state index is 0.116. The molecule has 2 aliphatic rings. The van der Waals surface area contributed by atoms with Gasteiger partial charge in [-0.2, -0.15) is 0 Å². The van der Waals surface area contributed by atoms with Gasteiger partial charge in [-0.15, -0.1) is 0 Å². The second-order valence-corrected chi connectivity index (χ2v) is 7.39. The summed E-state index contributed by atoms with van der Waals surface area (Å²) in [4.78, 5) is 28.0.